The Hall–Kier alpha value is -3.39. The third-order valence-electron chi connectivity index (χ3n) is 5.59. The van der Waals surface area contributed by atoms with Gasteiger partial charge in [-0.05, 0) is 36.8 Å². The molecule has 158 valence electrons. The Morgan fingerprint density at radius 3 is 3.06 bits per heavy atom. The van der Waals surface area contributed by atoms with Gasteiger partial charge in [0.15, 0.2) is 0 Å². The number of methoxy groups -OCH3 is 1. The van der Waals surface area contributed by atoms with Gasteiger partial charge in [0.25, 0.3) is 5.91 Å². The minimum absolute atomic E-state index is 0.0991. The molecule has 0 saturated heterocycles. The standard InChI is InChI=1S/C23H22N4O3S/c1-29-20-9-3-2-6-15(20)14-27-19-8-4-7-17(16(19)13-24-27)25-23(28)21-12-18(26-30-21)22-10-5-11-31-22/h2-3,5-6,9-13,17H,4,7-8,14H2,1H3,(H,25,28)/t17-/m1/s1. The molecule has 0 aliphatic heterocycles. The van der Waals surface area contributed by atoms with Gasteiger partial charge in [-0.1, -0.05) is 29.4 Å². The number of rotatable bonds is 6. The Labute approximate surface area is 183 Å². The summed E-state index contributed by atoms with van der Waals surface area (Å²) in [6, 6.07) is 13.4. The molecule has 0 spiro atoms. The first-order valence-electron chi connectivity index (χ1n) is 10.2. The summed E-state index contributed by atoms with van der Waals surface area (Å²) in [6.45, 7) is 0.631. The number of amides is 1. The number of hydrogen-bond acceptors (Lipinski definition) is 6. The quantitative estimate of drug-likeness (QED) is 0.484. The van der Waals surface area contributed by atoms with Crippen molar-refractivity contribution in [3.05, 3.63) is 76.6 Å². The summed E-state index contributed by atoms with van der Waals surface area (Å²) in [5, 5.41) is 13.7. The molecule has 5 rings (SSSR count). The second kappa shape index (κ2) is 8.39. The number of para-hydroxylation sites is 1. The molecule has 7 nitrogen and oxygen atoms in total. The van der Waals surface area contributed by atoms with Crippen LogP contribution in [0.3, 0.4) is 0 Å². The smallest absolute Gasteiger partial charge is 0.290 e. The topological polar surface area (TPSA) is 82.2 Å². The van der Waals surface area contributed by atoms with Gasteiger partial charge in [-0.3, -0.25) is 9.48 Å². The van der Waals surface area contributed by atoms with Crippen molar-refractivity contribution in [3.8, 4) is 16.3 Å². The molecule has 1 N–H and O–H groups in total. The average Bonchev–Trinajstić information content (AvgIpc) is 3.55. The van der Waals surface area contributed by atoms with Crippen LogP contribution in [0.2, 0.25) is 0 Å². The molecule has 0 radical (unpaired) electrons. The van der Waals surface area contributed by atoms with E-state index in [0.717, 1.165) is 46.7 Å². The Morgan fingerprint density at radius 1 is 1.32 bits per heavy atom. The van der Waals surface area contributed by atoms with Crippen molar-refractivity contribution >= 4 is 17.2 Å². The lowest BCUT2D eigenvalue weighted by Gasteiger charge is -2.24. The predicted molar refractivity (Wildman–Crippen MR) is 117 cm³/mol. The van der Waals surface area contributed by atoms with E-state index in [1.165, 1.54) is 0 Å². The molecular weight excluding hydrogens is 412 g/mol. The second-order valence-corrected chi connectivity index (χ2v) is 8.44. The number of nitrogens with zero attached hydrogens (tertiary/aromatic N) is 3. The summed E-state index contributed by atoms with van der Waals surface area (Å²) < 4.78 is 12.8. The SMILES string of the molecule is COc1ccccc1Cn1ncc2c1CCC[C@H]2NC(=O)c1cc(-c2cccs2)no1. The van der Waals surface area contributed by atoms with Crippen molar-refractivity contribution in [2.75, 3.05) is 7.11 Å². The first kappa shape index (κ1) is 19.6. The van der Waals surface area contributed by atoms with Crippen LogP contribution in [-0.4, -0.2) is 28.0 Å². The van der Waals surface area contributed by atoms with E-state index in [9.17, 15) is 4.79 Å². The normalized spacial score (nSPS) is 15.5. The lowest BCUT2D eigenvalue weighted by atomic mass is 9.92. The molecule has 0 unspecified atom stereocenters. The van der Waals surface area contributed by atoms with Crippen LogP contribution in [0.5, 0.6) is 5.75 Å². The van der Waals surface area contributed by atoms with Crippen molar-refractivity contribution < 1.29 is 14.1 Å². The third kappa shape index (κ3) is 3.86. The maximum absolute atomic E-state index is 12.8. The number of hydrogen-bond donors (Lipinski definition) is 1. The summed E-state index contributed by atoms with van der Waals surface area (Å²) in [6.07, 6.45) is 4.64. The summed E-state index contributed by atoms with van der Waals surface area (Å²) in [7, 11) is 1.68. The average molecular weight is 435 g/mol. The summed E-state index contributed by atoms with van der Waals surface area (Å²) >= 11 is 1.56. The number of ether oxygens (including phenoxy) is 1. The lowest BCUT2D eigenvalue weighted by Crippen LogP contribution is -2.30. The van der Waals surface area contributed by atoms with Crippen LogP contribution in [0.1, 0.15) is 46.3 Å². The van der Waals surface area contributed by atoms with Crippen LogP contribution >= 0.6 is 11.3 Å². The Morgan fingerprint density at radius 2 is 2.23 bits per heavy atom. The fourth-order valence-electron chi connectivity index (χ4n) is 4.05. The highest BCUT2D eigenvalue weighted by Gasteiger charge is 2.27. The number of fused-ring (bicyclic) bond motifs is 1. The van der Waals surface area contributed by atoms with Crippen molar-refractivity contribution in [1.82, 2.24) is 20.3 Å². The molecule has 3 aromatic heterocycles. The molecular formula is C23H22N4O3S. The fraction of sp³-hybridized carbons (Fsp3) is 0.261. The molecule has 0 fully saturated rings. The van der Waals surface area contributed by atoms with Gasteiger partial charge in [0, 0.05) is 22.9 Å². The minimum Gasteiger partial charge on any atom is -0.496 e. The molecule has 0 bridgehead atoms. The van der Waals surface area contributed by atoms with E-state index < -0.39 is 0 Å². The lowest BCUT2D eigenvalue weighted by molar-refractivity contribution is 0.0895. The number of thiophene rings is 1. The third-order valence-corrected chi connectivity index (χ3v) is 6.48. The van der Waals surface area contributed by atoms with Crippen molar-refractivity contribution in [3.63, 3.8) is 0 Å². The molecule has 1 aliphatic rings. The highest BCUT2D eigenvalue weighted by atomic mass is 32.1. The van der Waals surface area contributed by atoms with Gasteiger partial charge >= 0.3 is 0 Å². The molecule has 0 saturated carbocycles. The fourth-order valence-corrected chi connectivity index (χ4v) is 4.73. The first-order chi connectivity index (χ1) is 15.2. The molecule has 1 atom stereocenters. The Kier molecular flexibility index (Phi) is 5.30. The molecule has 31 heavy (non-hydrogen) atoms. The maximum Gasteiger partial charge on any atom is 0.290 e. The number of carbonyl (C=O) groups is 1. The molecule has 1 amide bonds. The minimum atomic E-state index is -0.259. The van der Waals surface area contributed by atoms with Gasteiger partial charge in [0.1, 0.15) is 11.4 Å². The van der Waals surface area contributed by atoms with Crippen molar-refractivity contribution in [1.29, 1.82) is 0 Å². The van der Waals surface area contributed by atoms with E-state index in [0.29, 0.717) is 12.2 Å². The van der Waals surface area contributed by atoms with Crippen molar-refractivity contribution in [2.24, 2.45) is 0 Å². The van der Waals surface area contributed by atoms with Crippen LogP contribution in [0.4, 0.5) is 0 Å². The maximum atomic E-state index is 12.8. The largest absolute Gasteiger partial charge is 0.496 e. The van der Waals surface area contributed by atoms with Gasteiger partial charge in [-0.2, -0.15) is 5.10 Å². The summed E-state index contributed by atoms with van der Waals surface area (Å²) in [5.74, 6) is 0.807. The number of benzene rings is 1. The summed E-state index contributed by atoms with van der Waals surface area (Å²) in [5.41, 5.74) is 3.96. The first-order valence-corrected chi connectivity index (χ1v) is 11.1. The highest BCUT2D eigenvalue weighted by molar-refractivity contribution is 7.13. The van der Waals surface area contributed by atoms with Gasteiger partial charge in [-0.15, -0.1) is 11.3 Å². The van der Waals surface area contributed by atoms with Gasteiger partial charge in [-0.25, -0.2) is 0 Å². The number of carbonyl (C=O) groups excluding carboxylic acids is 1. The van der Waals surface area contributed by atoms with E-state index in [2.05, 4.69) is 15.6 Å². The number of aromatic nitrogens is 3. The Bertz CT molecular complexity index is 1200. The zero-order valence-electron chi connectivity index (χ0n) is 17.1. The molecule has 8 heteroatoms. The monoisotopic (exact) mass is 434 g/mol. The van der Waals surface area contributed by atoms with E-state index in [1.54, 1.807) is 24.5 Å². The zero-order chi connectivity index (χ0) is 21.2. The van der Waals surface area contributed by atoms with Crippen LogP contribution in [0.25, 0.3) is 10.6 Å². The molecule has 1 aromatic carbocycles. The van der Waals surface area contributed by atoms with E-state index >= 15 is 0 Å². The van der Waals surface area contributed by atoms with E-state index in [4.69, 9.17) is 9.26 Å². The van der Waals surface area contributed by atoms with Crippen molar-refractivity contribution in [2.45, 2.75) is 31.8 Å². The highest BCUT2D eigenvalue weighted by Crippen LogP contribution is 2.31. The van der Waals surface area contributed by atoms with Gasteiger partial charge in [0.05, 0.1) is 30.8 Å². The Balaban J connectivity index is 1.33. The molecule has 4 aromatic rings. The van der Waals surface area contributed by atoms with Crippen LogP contribution < -0.4 is 10.1 Å². The van der Waals surface area contributed by atoms with E-state index in [-0.39, 0.29) is 17.7 Å². The van der Waals surface area contributed by atoms with Gasteiger partial charge < -0.3 is 14.6 Å². The molecule has 3 heterocycles. The van der Waals surface area contributed by atoms with E-state index in [1.807, 2.05) is 52.7 Å². The van der Waals surface area contributed by atoms with Gasteiger partial charge in [0.2, 0.25) is 5.76 Å². The second-order valence-electron chi connectivity index (χ2n) is 7.49. The van der Waals surface area contributed by atoms with Crippen LogP contribution in [0, 0.1) is 0 Å². The number of nitrogens with one attached hydrogen (secondary N) is 1. The van der Waals surface area contributed by atoms with Crippen LogP contribution in [0.15, 0.2) is 58.6 Å². The van der Waals surface area contributed by atoms with Crippen LogP contribution in [-0.2, 0) is 13.0 Å². The summed E-state index contributed by atoms with van der Waals surface area (Å²) in [4.78, 5) is 13.8. The zero-order valence-corrected chi connectivity index (χ0v) is 17.9. The predicted octanol–water partition coefficient (Wildman–Crippen LogP) is 4.46. The molecule has 1 aliphatic carbocycles.